The fourth-order valence-electron chi connectivity index (χ4n) is 2.56. The van der Waals surface area contributed by atoms with E-state index in [0.717, 1.165) is 30.4 Å². The Labute approximate surface area is 161 Å². The molecule has 0 spiro atoms. The molecular weight excluding hydrogens is 342 g/mol. The molecule has 0 fully saturated rings. The van der Waals surface area contributed by atoms with Crippen LogP contribution in [0.1, 0.15) is 19.4 Å². The maximum absolute atomic E-state index is 5.63. The third-order valence-electron chi connectivity index (χ3n) is 3.90. The van der Waals surface area contributed by atoms with Gasteiger partial charge in [0.15, 0.2) is 17.5 Å². The van der Waals surface area contributed by atoms with Crippen LogP contribution < -0.4 is 24.8 Å². The molecule has 146 valence electrons. The van der Waals surface area contributed by atoms with Gasteiger partial charge in [-0.2, -0.15) is 0 Å². The van der Waals surface area contributed by atoms with Gasteiger partial charge in [0.25, 0.3) is 0 Å². The zero-order valence-electron chi connectivity index (χ0n) is 16.5. The smallest absolute Gasteiger partial charge is 0.195 e. The summed E-state index contributed by atoms with van der Waals surface area (Å²) in [7, 11) is 3.31. The van der Waals surface area contributed by atoms with Gasteiger partial charge in [0, 0.05) is 24.8 Å². The molecule has 6 heteroatoms. The minimum absolute atomic E-state index is 0.579. The summed E-state index contributed by atoms with van der Waals surface area (Å²) in [5.41, 5.74) is 2.11. The predicted molar refractivity (Wildman–Crippen MR) is 110 cm³/mol. The second kappa shape index (κ2) is 11.0. The van der Waals surface area contributed by atoms with E-state index in [0.29, 0.717) is 24.7 Å². The molecule has 0 aromatic heterocycles. The van der Waals surface area contributed by atoms with Gasteiger partial charge in [0.1, 0.15) is 5.75 Å². The molecular formula is C21H29N3O3. The van der Waals surface area contributed by atoms with Crippen molar-refractivity contribution < 1.29 is 14.2 Å². The largest absolute Gasteiger partial charge is 0.497 e. The number of nitrogens with zero attached hydrogens (tertiary/aromatic N) is 1. The molecule has 0 aliphatic carbocycles. The lowest BCUT2D eigenvalue weighted by Gasteiger charge is -2.14. The monoisotopic (exact) mass is 371 g/mol. The number of guanidine groups is 1. The summed E-state index contributed by atoms with van der Waals surface area (Å²) in [6.45, 7) is 6.03. The van der Waals surface area contributed by atoms with Gasteiger partial charge in [0.05, 0.1) is 20.8 Å². The van der Waals surface area contributed by atoms with Gasteiger partial charge in [-0.1, -0.05) is 12.1 Å². The van der Waals surface area contributed by atoms with Crippen molar-refractivity contribution >= 4 is 11.6 Å². The van der Waals surface area contributed by atoms with Gasteiger partial charge in [-0.15, -0.1) is 0 Å². The zero-order chi connectivity index (χ0) is 19.5. The Hall–Kier alpha value is -2.89. The van der Waals surface area contributed by atoms with E-state index in [4.69, 9.17) is 14.2 Å². The molecule has 2 rings (SSSR count). The van der Waals surface area contributed by atoms with Gasteiger partial charge in [-0.25, -0.2) is 0 Å². The first-order chi connectivity index (χ1) is 13.2. The summed E-state index contributed by atoms with van der Waals surface area (Å²) in [6, 6.07) is 13.8. The van der Waals surface area contributed by atoms with Crippen LogP contribution in [0.3, 0.4) is 0 Å². The van der Waals surface area contributed by atoms with Gasteiger partial charge in [-0.05, 0) is 50.1 Å². The number of anilines is 1. The number of hydrogen-bond acceptors (Lipinski definition) is 4. The first-order valence-corrected chi connectivity index (χ1v) is 9.19. The second-order valence-corrected chi connectivity index (χ2v) is 5.78. The fraction of sp³-hybridized carbons (Fsp3) is 0.381. The van der Waals surface area contributed by atoms with Crippen molar-refractivity contribution in [3.05, 3.63) is 48.0 Å². The average molecular weight is 371 g/mol. The highest BCUT2D eigenvalue weighted by molar-refractivity contribution is 5.93. The Morgan fingerprint density at radius 2 is 1.74 bits per heavy atom. The van der Waals surface area contributed by atoms with Crippen molar-refractivity contribution in [2.45, 2.75) is 20.3 Å². The van der Waals surface area contributed by atoms with Crippen molar-refractivity contribution in [2.75, 3.05) is 39.2 Å². The van der Waals surface area contributed by atoms with Crippen LogP contribution in [0.15, 0.2) is 47.5 Å². The van der Waals surface area contributed by atoms with Crippen LogP contribution in [-0.4, -0.2) is 39.9 Å². The standard InChI is InChI=1S/C21H29N3O3/c1-5-22-21(23-14-13-16-7-10-18(25-3)11-8-16)24-17-9-12-19(26-4)20(15-17)27-6-2/h7-12,15H,5-6,13-14H2,1-4H3,(H2,22,23,24). The van der Waals surface area contributed by atoms with E-state index in [1.54, 1.807) is 14.2 Å². The van der Waals surface area contributed by atoms with Crippen molar-refractivity contribution in [3.8, 4) is 17.2 Å². The summed E-state index contributed by atoms with van der Waals surface area (Å²) in [5, 5.41) is 6.58. The van der Waals surface area contributed by atoms with Crippen LogP contribution in [-0.2, 0) is 6.42 Å². The van der Waals surface area contributed by atoms with Gasteiger partial charge < -0.3 is 24.8 Å². The lowest BCUT2D eigenvalue weighted by Crippen LogP contribution is -2.30. The lowest BCUT2D eigenvalue weighted by atomic mass is 10.1. The van der Waals surface area contributed by atoms with E-state index in [9.17, 15) is 0 Å². The number of rotatable bonds is 9. The molecule has 0 aliphatic rings. The Balaban J connectivity index is 2.02. The van der Waals surface area contributed by atoms with Crippen LogP contribution in [0.4, 0.5) is 5.69 Å². The number of nitrogens with one attached hydrogen (secondary N) is 2. The van der Waals surface area contributed by atoms with E-state index in [2.05, 4.69) is 27.8 Å². The molecule has 0 saturated carbocycles. The number of ether oxygens (including phenoxy) is 3. The van der Waals surface area contributed by atoms with Crippen LogP contribution in [0, 0.1) is 0 Å². The highest BCUT2D eigenvalue weighted by Crippen LogP contribution is 2.30. The summed E-state index contributed by atoms with van der Waals surface area (Å²) >= 11 is 0. The van der Waals surface area contributed by atoms with E-state index in [1.165, 1.54) is 5.56 Å². The van der Waals surface area contributed by atoms with Crippen molar-refractivity contribution in [2.24, 2.45) is 4.99 Å². The molecule has 0 amide bonds. The normalized spacial score (nSPS) is 11.0. The van der Waals surface area contributed by atoms with Gasteiger partial charge in [-0.3, -0.25) is 4.99 Å². The van der Waals surface area contributed by atoms with E-state index >= 15 is 0 Å². The molecule has 0 bridgehead atoms. The summed E-state index contributed by atoms with van der Waals surface area (Å²) in [5.74, 6) is 3.02. The number of hydrogen-bond donors (Lipinski definition) is 2. The van der Waals surface area contributed by atoms with Crippen LogP contribution in [0.5, 0.6) is 17.2 Å². The first kappa shape index (κ1) is 20.4. The quantitative estimate of drug-likeness (QED) is 0.519. The Bertz CT molecular complexity index is 730. The maximum Gasteiger partial charge on any atom is 0.195 e. The van der Waals surface area contributed by atoms with Crippen molar-refractivity contribution in [3.63, 3.8) is 0 Å². The maximum atomic E-state index is 5.63. The molecule has 2 N–H and O–H groups in total. The second-order valence-electron chi connectivity index (χ2n) is 5.78. The van der Waals surface area contributed by atoms with Crippen LogP contribution >= 0.6 is 0 Å². The predicted octanol–water partition coefficient (Wildman–Crippen LogP) is 3.72. The minimum Gasteiger partial charge on any atom is -0.497 e. The SMILES string of the molecule is CCNC(=NCCc1ccc(OC)cc1)Nc1ccc(OC)c(OCC)c1. The van der Waals surface area contributed by atoms with Crippen LogP contribution in [0.25, 0.3) is 0 Å². The molecule has 0 unspecified atom stereocenters. The number of methoxy groups -OCH3 is 2. The van der Waals surface area contributed by atoms with E-state index < -0.39 is 0 Å². The molecule has 6 nitrogen and oxygen atoms in total. The molecule has 0 atom stereocenters. The molecule has 0 saturated heterocycles. The van der Waals surface area contributed by atoms with Gasteiger partial charge >= 0.3 is 0 Å². The van der Waals surface area contributed by atoms with Crippen molar-refractivity contribution in [1.29, 1.82) is 0 Å². The fourth-order valence-corrected chi connectivity index (χ4v) is 2.56. The topological polar surface area (TPSA) is 64.1 Å². The third-order valence-corrected chi connectivity index (χ3v) is 3.90. The summed E-state index contributed by atoms with van der Waals surface area (Å²) in [6.07, 6.45) is 0.855. The highest BCUT2D eigenvalue weighted by atomic mass is 16.5. The Morgan fingerprint density at radius 1 is 0.963 bits per heavy atom. The Morgan fingerprint density at radius 3 is 2.37 bits per heavy atom. The summed E-state index contributed by atoms with van der Waals surface area (Å²) in [4.78, 5) is 4.66. The summed E-state index contributed by atoms with van der Waals surface area (Å²) < 4.78 is 16.1. The third kappa shape index (κ3) is 6.40. The molecule has 0 heterocycles. The van der Waals surface area contributed by atoms with Crippen LogP contribution in [0.2, 0.25) is 0 Å². The highest BCUT2D eigenvalue weighted by Gasteiger charge is 2.07. The average Bonchev–Trinajstić information content (AvgIpc) is 2.69. The molecule has 0 radical (unpaired) electrons. The van der Waals surface area contributed by atoms with Gasteiger partial charge in [0.2, 0.25) is 0 Å². The van der Waals surface area contributed by atoms with E-state index in [1.807, 2.05) is 44.2 Å². The van der Waals surface area contributed by atoms with E-state index in [-0.39, 0.29) is 0 Å². The number of aliphatic imine (C=N–C) groups is 1. The molecule has 0 aliphatic heterocycles. The molecule has 27 heavy (non-hydrogen) atoms. The molecule has 2 aromatic rings. The first-order valence-electron chi connectivity index (χ1n) is 9.19. The zero-order valence-corrected chi connectivity index (χ0v) is 16.5. The van der Waals surface area contributed by atoms with Crippen molar-refractivity contribution in [1.82, 2.24) is 5.32 Å². The number of benzene rings is 2. The molecule has 2 aromatic carbocycles. The lowest BCUT2D eigenvalue weighted by molar-refractivity contribution is 0.311. The minimum atomic E-state index is 0.579. The Kier molecular flexibility index (Phi) is 8.29.